The topological polar surface area (TPSA) is 124 Å². The number of hydrogen-bond acceptors (Lipinski definition) is 7. The third kappa shape index (κ3) is 8.50. The van der Waals surface area contributed by atoms with Gasteiger partial charge in [-0.3, -0.25) is 9.63 Å². The monoisotopic (exact) mass is 307 g/mol. The normalized spacial score (nSPS) is 13.0. The molecule has 0 spiro atoms. The molecule has 0 rings (SSSR count). The van der Waals surface area contributed by atoms with Crippen molar-refractivity contribution in [3.05, 3.63) is 5.21 Å². The zero-order valence-corrected chi connectivity index (χ0v) is 12.7. The van der Waals surface area contributed by atoms with Crippen LogP contribution >= 0.6 is 0 Å². The quantitative estimate of drug-likeness (QED) is 0.235. The first kappa shape index (κ1) is 18.7. The fourth-order valence-electron chi connectivity index (χ4n) is 1.11. The molecule has 0 aromatic heterocycles. The van der Waals surface area contributed by atoms with Crippen LogP contribution in [0.15, 0.2) is 5.28 Å². The lowest BCUT2D eigenvalue weighted by Gasteiger charge is -2.20. The lowest BCUT2D eigenvalue weighted by molar-refractivity contribution is -0.717. The predicted octanol–water partition coefficient (Wildman–Crippen LogP) is 1.50. The summed E-state index contributed by atoms with van der Waals surface area (Å²) >= 11 is 0. The molecule has 0 heterocycles. The fourth-order valence-corrected chi connectivity index (χ4v) is 1.11. The van der Waals surface area contributed by atoms with E-state index in [9.17, 15) is 14.8 Å². The molecule has 122 valence electrons. The van der Waals surface area contributed by atoms with Crippen LogP contribution in [0.4, 0.5) is 4.79 Å². The summed E-state index contributed by atoms with van der Waals surface area (Å²) in [6.07, 6.45) is -2.48. The van der Waals surface area contributed by atoms with E-state index in [1.54, 1.807) is 27.7 Å². The summed E-state index contributed by atoms with van der Waals surface area (Å²) in [5.74, 6) is -1.19. The molecule has 1 N–H and O–H groups in total. The van der Waals surface area contributed by atoms with Crippen LogP contribution in [0, 0.1) is 5.21 Å². The van der Waals surface area contributed by atoms with Gasteiger partial charge in [0.1, 0.15) is 0 Å². The van der Waals surface area contributed by atoms with Gasteiger partial charge in [0, 0.05) is 6.92 Å². The minimum Gasteiger partial charge on any atom is -0.569 e. The van der Waals surface area contributed by atoms with E-state index in [1.165, 1.54) is 6.92 Å². The van der Waals surface area contributed by atoms with Gasteiger partial charge in [0.25, 0.3) is 6.29 Å². The summed E-state index contributed by atoms with van der Waals surface area (Å²) in [5, 5.41) is 24.3. The van der Waals surface area contributed by atoms with E-state index in [1.807, 2.05) is 0 Å². The highest BCUT2D eigenvalue weighted by atomic mass is 16.8. The van der Waals surface area contributed by atoms with Crippen molar-refractivity contribution in [3.8, 4) is 0 Å². The van der Waals surface area contributed by atoms with Crippen LogP contribution in [0.5, 0.6) is 0 Å². The molecule has 0 fully saturated rings. The third-order valence-corrected chi connectivity index (χ3v) is 1.97. The summed E-state index contributed by atoms with van der Waals surface area (Å²) in [7, 11) is 0. The minimum absolute atomic E-state index is 0.00751. The number of ether oxygens (including phenoxy) is 2. The molecule has 1 unspecified atom stereocenters. The van der Waals surface area contributed by atoms with Crippen LogP contribution in [0.3, 0.4) is 0 Å². The number of hydrazine groups is 1. The molecule has 10 nitrogen and oxygen atoms in total. The Labute approximate surface area is 122 Å². The van der Waals surface area contributed by atoms with Crippen LogP contribution in [0.25, 0.3) is 0 Å². The number of hydrogen-bond donors (Lipinski definition) is 1. The molecular formula is C11H21N3O7. The number of rotatable bonds is 8. The van der Waals surface area contributed by atoms with E-state index in [0.29, 0.717) is 0 Å². The van der Waals surface area contributed by atoms with Crippen LogP contribution in [0.1, 0.15) is 34.6 Å². The summed E-state index contributed by atoms with van der Waals surface area (Å²) in [6.45, 7) is 7.30. The molecule has 21 heavy (non-hydrogen) atoms. The van der Waals surface area contributed by atoms with E-state index in [-0.39, 0.29) is 11.1 Å². The average molecular weight is 307 g/mol. The van der Waals surface area contributed by atoms with Crippen LogP contribution < -0.4 is 0 Å². The maximum atomic E-state index is 11.6. The first-order chi connectivity index (χ1) is 9.63. The highest BCUT2D eigenvalue weighted by Crippen LogP contribution is 2.03. The second kappa shape index (κ2) is 8.82. The van der Waals surface area contributed by atoms with Gasteiger partial charge in [-0.2, -0.15) is 0 Å². The molecule has 0 aliphatic rings. The molecule has 0 aromatic carbocycles. The van der Waals surface area contributed by atoms with Crippen molar-refractivity contribution in [3.63, 3.8) is 0 Å². The Morgan fingerprint density at radius 2 is 1.81 bits per heavy atom. The fraction of sp³-hybridized carbons (Fsp3) is 0.818. The number of carbonyl (C=O) groups is 2. The molecule has 1 atom stereocenters. The largest absolute Gasteiger partial charge is 0.569 e. The van der Waals surface area contributed by atoms with Crippen LogP contribution in [-0.4, -0.2) is 52.2 Å². The Kier molecular flexibility index (Phi) is 7.87. The first-order valence-corrected chi connectivity index (χ1v) is 6.33. The Hall–Kier alpha value is -2.26. The molecule has 0 aliphatic carbocycles. The van der Waals surface area contributed by atoms with Crippen molar-refractivity contribution in [2.75, 3.05) is 6.54 Å². The van der Waals surface area contributed by atoms with Crippen molar-refractivity contribution in [2.24, 2.45) is 5.28 Å². The first-order valence-electron chi connectivity index (χ1n) is 6.33. The van der Waals surface area contributed by atoms with E-state index in [2.05, 4.69) is 14.9 Å². The standard InChI is InChI=1S/C11H21N3O7/c1-7(2)13(6-10(15)16)14(18)12-21-9(5)20-11(17)19-8(3)4/h7-9H,6H2,1-5H3,(H,15,16)/b14-12-. The van der Waals surface area contributed by atoms with Crippen LogP contribution in [-0.2, 0) is 19.1 Å². The predicted molar refractivity (Wildman–Crippen MR) is 68.8 cm³/mol. The second-order valence-corrected chi connectivity index (χ2v) is 4.63. The van der Waals surface area contributed by atoms with Gasteiger partial charge in [-0.15, -0.1) is 5.01 Å². The molecule has 0 aliphatic heterocycles. The lowest BCUT2D eigenvalue weighted by atomic mass is 10.4. The second-order valence-electron chi connectivity index (χ2n) is 4.63. The Bertz CT molecular complexity index is 384. The van der Waals surface area contributed by atoms with Gasteiger partial charge in [0.15, 0.2) is 6.54 Å². The van der Waals surface area contributed by atoms with Gasteiger partial charge in [-0.25, -0.2) is 4.79 Å². The maximum Gasteiger partial charge on any atom is 0.511 e. The molecule has 0 bridgehead atoms. The Morgan fingerprint density at radius 1 is 1.24 bits per heavy atom. The number of nitrogens with zero attached hydrogens (tertiary/aromatic N) is 3. The van der Waals surface area contributed by atoms with E-state index >= 15 is 0 Å². The maximum absolute atomic E-state index is 11.6. The van der Waals surface area contributed by atoms with Crippen molar-refractivity contribution in [1.29, 1.82) is 0 Å². The molecule has 0 saturated heterocycles. The van der Waals surface area contributed by atoms with Crippen molar-refractivity contribution in [1.82, 2.24) is 5.01 Å². The van der Waals surface area contributed by atoms with Gasteiger partial charge in [0.2, 0.25) is 5.28 Å². The molecule has 0 saturated carbocycles. The summed E-state index contributed by atoms with van der Waals surface area (Å²) in [6, 6.07) is -0.409. The Balaban J connectivity index is 4.48. The molecule has 0 radical (unpaired) electrons. The average Bonchev–Trinajstić information content (AvgIpc) is 2.31. The zero-order valence-electron chi connectivity index (χ0n) is 12.7. The van der Waals surface area contributed by atoms with E-state index in [4.69, 9.17) is 9.84 Å². The SMILES string of the molecule is CC(C)OC(=O)OC(C)O/N=[N+](\[O-])N(CC(=O)O)C(C)C. The summed E-state index contributed by atoms with van der Waals surface area (Å²) in [5.41, 5.74) is 0. The minimum atomic E-state index is -1.19. The summed E-state index contributed by atoms with van der Waals surface area (Å²) in [4.78, 5) is 26.4. The zero-order chi connectivity index (χ0) is 16.6. The third-order valence-electron chi connectivity index (χ3n) is 1.97. The van der Waals surface area contributed by atoms with Crippen molar-refractivity contribution >= 4 is 12.1 Å². The molecular weight excluding hydrogens is 286 g/mol. The van der Waals surface area contributed by atoms with Gasteiger partial charge in [0.05, 0.1) is 17.1 Å². The Morgan fingerprint density at radius 3 is 2.24 bits per heavy atom. The van der Waals surface area contributed by atoms with Crippen molar-refractivity contribution < 1.29 is 34.0 Å². The number of carboxylic acid groups (broad SMARTS) is 1. The van der Waals surface area contributed by atoms with Crippen molar-refractivity contribution in [2.45, 2.75) is 53.1 Å². The van der Waals surface area contributed by atoms with E-state index < -0.39 is 31.0 Å². The number of aliphatic carboxylic acids is 1. The summed E-state index contributed by atoms with van der Waals surface area (Å²) < 4.78 is 9.36. The van der Waals surface area contributed by atoms with Gasteiger partial charge in [-0.05, 0) is 27.7 Å². The highest BCUT2D eigenvalue weighted by molar-refractivity contribution is 5.68. The van der Waals surface area contributed by atoms with Crippen LogP contribution in [0.2, 0.25) is 0 Å². The smallest absolute Gasteiger partial charge is 0.511 e. The molecule has 0 aromatic rings. The highest BCUT2D eigenvalue weighted by Gasteiger charge is 2.22. The number of carbonyl (C=O) groups excluding carboxylic acids is 1. The molecule has 0 amide bonds. The number of carboxylic acids is 1. The van der Waals surface area contributed by atoms with Gasteiger partial charge < -0.3 is 19.8 Å². The van der Waals surface area contributed by atoms with Gasteiger partial charge in [-0.1, -0.05) is 0 Å². The molecule has 10 heteroatoms. The van der Waals surface area contributed by atoms with Gasteiger partial charge >= 0.3 is 12.1 Å². The van der Waals surface area contributed by atoms with E-state index in [0.717, 1.165) is 5.01 Å². The lowest BCUT2D eigenvalue weighted by Crippen LogP contribution is -2.40.